The van der Waals surface area contributed by atoms with Crippen molar-refractivity contribution in [1.82, 2.24) is 15.0 Å². The first kappa shape index (κ1) is 13.6. The van der Waals surface area contributed by atoms with Crippen molar-refractivity contribution in [3.8, 4) is 5.69 Å². The van der Waals surface area contributed by atoms with Crippen LogP contribution in [0.4, 0.5) is 0 Å². The van der Waals surface area contributed by atoms with Crippen LogP contribution in [0.25, 0.3) is 5.69 Å². The molecule has 2 heterocycles. The number of benzene rings is 1. The Balaban J connectivity index is 1.95. The minimum Gasteiger partial charge on any atom is -0.469 e. The van der Waals surface area contributed by atoms with Crippen LogP contribution in [-0.2, 0) is 0 Å². The van der Waals surface area contributed by atoms with Crippen LogP contribution in [0, 0.1) is 13.8 Å². The first-order valence-electron chi connectivity index (χ1n) is 6.34. The molecule has 0 N–H and O–H groups in total. The quantitative estimate of drug-likeness (QED) is 0.696. The Labute approximate surface area is 126 Å². The predicted molar refractivity (Wildman–Crippen MR) is 78.0 cm³/mol. The van der Waals surface area contributed by atoms with E-state index in [2.05, 4.69) is 10.3 Å². The van der Waals surface area contributed by atoms with E-state index in [1.54, 1.807) is 43.6 Å². The summed E-state index contributed by atoms with van der Waals surface area (Å²) in [7, 11) is 0. The molecule has 2 aromatic heterocycles. The van der Waals surface area contributed by atoms with Gasteiger partial charge in [-0.1, -0.05) is 16.8 Å². The summed E-state index contributed by atoms with van der Waals surface area (Å²) in [5, 5.41) is 8.56. The highest BCUT2D eigenvalue weighted by molar-refractivity contribution is 6.30. The maximum absolute atomic E-state index is 12.5. The van der Waals surface area contributed by atoms with Crippen molar-refractivity contribution in [2.45, 2.75) is 13.8 Å². The number of ketones is 1. The van der Waals surface area contributed by atoms with Gasteiger partial charge < -0.3 is 4.42 Å². The zero-order valence-corrected chi connectivity index (χ0v) is 12.3. The van der Waals surface area contributed by atoms with E-state index in [1.807, 2.05) is 6.92 Å². The number of aryl methyl sites for hydroxylation is 2. The molecule has 0 saturated carbocycles. The van der Waals surface area contributed by atoms with Crippen molar-refractivity contribution in [2.24, 2.45) is 0 Å². The lowest BCUT2D eigenvalue weighted by Gasteiger charge is -1.99. The second-order valence-corrected chi connectivity index (χ2v) is 5.14. The molecule has 0 bridgehead atoms. The molecule has 106 valence electrons. The second kappa shape index (κ2) is 5.18. The van der Waals surface area contributed by atoms with Gasteiger partial charge in [0.15, 0.2) is 5.69 Å². The summed E-state index contributed by atoms with van der Waals surface area (Å²) in [6.07, 6.45) is 3.16. The van der Waals surface area contributed by atoms with Gasteiger partial charge in [0.2, 0.25) is 5.78 Å². The number of rotatable bonds is 3. The Bertz CT molecular complexity index is 783. The summed E-state index contributed by atoms with van der Waals surface area (Å²) >= 11 is 5.85. The smallest absolute Gasteiger partial charge is 0.218 e. The van der Waals surface area contributed by atoms with Gasteiger partial charge in [-0.3, -0.25) is 4.79 Å². The Morgan fingerprint density at radius 1 is 1.24 bits per heavy atom. The summed E-state index contributed by atoms with van der Waals surface area (Å²) in [5.41, 5.74) is 2.39. The van der Waals surface area contributed by atoms with Gasteiger partial charge in [0.25, 0.3) is 0 Å². The number of furan rings is 1. The molecule has 3 rings (SSSR count). The summed E-state index contributed by atoms with van der Waals surface area (Å²) in [6, 6.07) is 7.12. The van der Waals surface area contributed by atoms with Gasteiger partial charge in [0, 0.05) is 5.02 Å². The lowest BCUT2D eigenvalue weighted by molar-refractivity contribution is 0.103. The van der Waals surface area contributed by atoms with Gasteiger partial charge in [-0.25, -0.2) is 4.68 Å². The van der Waals surface area contributed by atoms with Crippen molar-refractivity contribution < 1.29 is 9.21 Å². The highest BCUT2D eigenvalue weighted by Gasteiger charge is 2.20. The number of halogens is 1. The molecular formula is C15H12ClN3O2. The van der Waals surface area contributed by atoms with Crippen LogP contribution in [0.2, 0.25) is 5.02 Å². The average Bonchev–Trinajstić information content (AvgIpc) is 3.07. The summed E-state index contributed by atoms with van der Waals surface area (Å²) < 4.78 is 6.79. The number of hydrogen-bond donors (Lipinski definition) is 0. The molecule has 0 aliphatic carbocycles. The Morgan fingerprint density at radius 3 is 2.57 bits per heavy atom. The van der Waals surface area contributed by atoms with Gasteiger partial charge >= 0.3 is 0 Å². The molecule has 0 aliphatic rings. The first-order valence-corrected chi connectivity index (χ1v) is 6.72. The van der Waals surface area contributed by atoms with Gasteiger partial charge in [0.05, 0.1) is 23.7 Å². The van der Waals surface area contributed by atoms with Crippen LogP contribution in [0.3, 0.4) is 0 Å². The van der Waals surface area contributed by atoms with E-state index in [4.69, 9.17) is 16.0 Å². The zero-order chi connectivity index (χ0) is 15.0. The van der Waals surface area contributed by atoms with Crippen molar-refractivity contribution >= 4 is 17.4 Å². The Kier molecular flexibility index (Phi) is 3.35. The molecule has 21 heavy (non-hydrogen) atoms. The third-order valence-corrected chi connectivity index (χ3v) is 3.46. The summed E-state index contributed by atoms with van der Waals surface area (Å²) in [4.78, 5) is 12.5. The van der Waals surface area contributed by atoms with E-state index in [0.717, 1.165) is 11.3 Å². The fourth-order valence-corrected chi connectivity index (χ4v) is 2.25. The molecule has 0 atom stereocenters. The van der Waals surface area contributed by atoms with E-state index in [0.29, 0.717) is 16.3 Å². The third kappa shape index (κ3) is 2.48. The molecule has 1 aromatic carbocycles. The molecule has 0 aliphatic heterocycles. The fourth-order valence-electron chi connectivity index (χ4n) is 2.13. The van der Waals surface area contributed by atoms with E-state index in [9.17, 15) is 4.79 Å². The van der Waals surface area contributed by atoms with Crippen LogP contribution in [-0.4, -0.2) is 20.8 Å². The maximum Gasteiger partial charge on any atom is 0.218 e. The van der Waals surface area contributed by atoms with Crippen LogP contribution in [0.15, 0.2) is 41.1 Å². The highest BCUT2D eigenvalue weighted by atomic mass is 35.5. The zero-order valence-electron chi connectivity index (χ0n) is 11.5. The normalized spacial score (nSPS) is 10.8. The van der Waals surface area contributed by atoms with Crippen LogP contribution >= 0.6 is 11.6 Å². The SMILES string of the molecule is Cc1coc(C)c1C(=O)c1cn(-c2ccc(Cl)cc2)nn1. The molecular weight excluding hydrogens is 290 g/mol. The molecule has 0 radical (unpaired) electrons. The highest BCUT2D eigenvalue weighted by Crippen LogP contribution is 2.19. The number of carbonyl (C=O) groups excluding carboxylic acids is 1. The monoisotopic (exact) mass is 301 g/mol. The number of hydrogen-bond acceptors (Lipinski definition) is 4. The summed E-state index contributed by atoms with van der Waals surface area (Å²) in [6.45, 7) is 3.58. The Morgan fingerprint density at radius 2 is 1.95 bits per heavy atom. The van der Waals surface area contributed by atoms with E-state index in [1.165, 1.54) is 4.68 Å². The van der Waals surface area contributed by atoms with Gasteiger partial charge in [-0.2, -0.15) is 0 Å². The number of carbonyl (C=O) groups is 1. The van der Waals surface area contributed by atoms with Crippen LogP contribution in [0.5, 0.6) is 0 Å². The van der Waals surface area contributed by atoms with E-state index < -0.39 is 0 Å². The molecule has 0 unspecified atom stereocenters. The van der Waals surface area contributed by atoms with Gasteiger partial charge in [-0.15, -0.1) is 5.10 Å². The van der Waals surface area contributed by atoms with Gasteiger partial charge in [0.1, 0.15) is 5.76 Å². The topological polar surface area (TPSA) is 60.9 Å². The van der Waals surface area contributed by atoms with Crippen molar-refractivity contribution in [3.05, 3.63) is 64.3 Å². The van der Waals surface area contributed by atoms with Crippen LogP contribution < -0.4 is 0 Å². The third-order valence-electron chi connectivity index (χ3n) is 3.20. The lowest BCUT2D eigenvalue weighted by atomic mass is 10.1. The molecule has 0 amide bonds. The van der Waals surface area contributed by atoms with Crippen molar-refractivity contribution in [1.29, 1.82) is 0 Å². The standard InChI is InChI=1S/C15H12ClN3O2/c1-9-8-21-10(2)14(9)15(20)13-7-19(18-17-13)12-5-3-11(16)4-6-12/h3-8H,1-2H3. The fraction of sp³-hybridized carbons (Fsp3) is 0.133. The van der Waals surface area contributed by atoms with E-state index in [-0.39, 0.29) is 11.5 Å². The van der Waals surface area contributed by atoms with Crippen molar-refractivity contribution in [3.63, 3.8) is 0 Å². The molecule has 5 nitrogen and oxygen atoms in total. The molecule has 0 saturated heterocycles. The molecule has 3 aromatic rings. The molecule has 6 heteroatoms. The lowest BCUT2D eigenvalue weighted by Crippen LogP contribution is -2.04. The maximum atomic E-state index is 12.5. The number of nitrogens with zero attached hydrogens (tertiary/aromatic N) is 3. The molecule has 0 spiro atoms. The average molecular weight is 302 g/mol. The molecule has 0 fully saturated rings. The van der Waals surface area contributed by atoms with E-state index >= 15 is 0 Å². The minimum atomic E-state index is -0.195. The minimum absolute atomic E-state index is 0.195. The first-order chi connectivity index (χ1) is 10.1. The largest absolute Gasteiger partial charge is 0.469 e. The summed E-state index contributed by atoms with van der Waals surface area (Å²) in [5.74, 6) is 0.387. The number of aromatic nitrogens is 3. The van der Waals surface area contributed by atoms with Crippen molar-refractivity contribution in [2.75, 3.05) is 0 Å². The van der Waals surface area contributed by atoms with Gasteiger partial charge in [-0.05, 0) is 43.7 Å². The predicted octanol–water partition coefficient (Wildman–Crippen LogP) is 3.36. The van der Waals surface area contributed by atoms with Crippen LogP contribution in [0.1, 0.15) is 27.4 Å². The second-order valence-electron chi connectivity index (χ2n) is 4.70. The Hall–Kier alpha value is -2.40.